The van der Waals surface area contributed by atoms with E-state index in [0.29, 0.717) is 17.0 Å². The number of hydrogen-bond acceptors (Lipinski definition) is 3. The zero-order valence-electron chi connectivity index (χ0n) is 7.07. The minimum Gasteiger partial charge on any atom is -0.463 e. The number of H-pyrrole nitrogens is 1. The molecule has 4 nitrogen and oxygen atoms in total. The molecule has 0 aromatic carbocycles. The van der Waals surface area contributed by atoms with E-state index in [1.54, 1.807) is 31.4 Å². The van der Waals surface area contributed by atoms with Crippen molar-refractivity contribution in [3.63, 3.8) is 0 Å². The summed E-state index contributed by atoms with van der Waals surface area (Å²) in [6, 6.07) is 5.26. The Morgan fingerprint density at radius 2 is 2.38 bits per heavy atom. The summed E-state index contributed by atoms with van der Waals surface area (Å²) in [7, 11) is 0. The molecule has 0 fully saturated rings. The van der Waals surface area contributed by atoms with Gasteiger partial charge in [-0.05, 0) is 25.1 Å². The van der Waals surface area contributed by atoms with Gasteiger partial charge in [0.05, 0.1) is 6.26 Å². The number of nitrogens with one attached hydrogen (secondary N) is 1. The lowest BCUT2D eigenvalue weighted by Crippen LogP contribution is -2.10. The van der Waals surface area contributed by atoms with E-state index >= 15 is 0 Å². The second-order valence-corrected chi connectivity index (χ2v) is 2.74. The predicted octanol–water partition coefficient (Wildman–Crippen LogP) is 1.34. The Kier molecular flexibility index (Phi) is 1.73. The summed E-state index contributed by atoms with van der Waals surface area (Å²) in [4.78, 5) is 11.0. The van der Waals surface area contributed by atoms with Gasteiger partial charge < -0.3 is 4.42 Å². The molecule has 0 aliphatic carbocycles. The number of aromatic amines is 1. The first-order valence-electron chi connectivity index (χ1n) is 3.87. The maximum Gasteiger partial charge on any atom is 0.267 e. The van der Waals surface area contributed by atoms with Crippen LogP contribution in [0.1, 0.15) is 5.56 Å². The summed E-state index contributed by atoms with van der Waals surface area (Å²) >= 11 is 0. The van der Waals surface area contributed by atoms with Crippen LogP contribution >= 0.6 is 0 Å². The molecule has 0 bridgehead atoms. The molecular formula is C9H8N2O2. The van der Waals surface area contributed by atoms with Crippen molar-refractivity contribution in [2.75, 3.05) is 0 Å². The maximum atomic E-state index is 11.0. The van der Waals surface area contributed by atoms with Crippen LogP contribution in [-0.4, -0.2) is 10.2 Å². The van der Waals surface area contributed by atoms with Crippen LogP contribution in [0.4, 0.5) is 0 Å². The van der Waals surface area contributed by atoms with Gasteiger partial charge in [0.15, 0.2) is 5.76 Å². The molecule has 2 heterocycles. The topological polar surface area (TPSA) is 58.9 Å². The molecule has 66 valence electrons. The zero-order valence-corrected chi connectivity index (χ0v) is 7.07. The molecule has 2 aromatic heterocycles. The van der Waals surface area contributed by atoms with E-state index in [1.807, 2.05) is 0 Å². The van der Waals surface area contributed by atoms with E-state index in [9.17, 15) is 4.79 Å². The number of aryl methyl sites for hydroxylation is 1. The molecule has 0 aliphatic rings. The van der Waals surface area contributed by atoms with E-state index in [0.717, 1.165) is 0 Å². The number of hydrogen-bond donors (Lipinski definition) is 1. The highest BCUT2D eigenvalue weighted by atomic mass is 16.3. The van der Waals surface area contributed by atoms with Crippen molar-refractivity contribution in [1.29, 1.82) is 0 Å². The molecule has 0 unspecified atom stereocenters. The van der Waals surface area contributed by atoms with Gasteiger partial charge in [-0.1, -0.05) is 0 Å². The maximum absolute atomic E-state index is 11.0. The molecule has 1 N–H and O–H groups in total. The Balaban J connectivity index is 2.55. The summed E-state index contributed by atoms with van der Waals surface area (Å²) in [5, 5.41) is 6.24. The van der Waals surface area contributed by atoms with E-state index < -0.39 is 0 Å². The lowest BCUT2D eigenvalue weighted by molar-refractivity contribution is 0.578. The molecule has 2 rings (SSSR count). The number of furan rings is 1. The Morgan fingerprint density at radius 3 is 3.00 bits per heavy atom. The normalized spacial score (nSPS) is 10.2. The molecule has 0 saturated carbocycles. The third-order valence-electron chi connectivity index (χ3n) is 1.76. The first kappa shape index (κ1) is 7.79. The molecule has 0 atom stereocenters. The van der Waals surface area contributed by atoms with Gasteiger partial charge in [-0.3, -0.25) is 4.79 Å². The monoisotopic (exact) mass is 176 g/mol. The SMILES string of the molecule is Cc1cc(-c2ccco2)n[nH]c1=O. The van der Waals surface area contributed by atoms with Gasteiger partial charge in [0.1, 0.15) is 5.69 Å². The van der Waals surface area contributed by atoms with Crippen LogP contribution in [0.2, 0.25) is 0 Å². The van der Waals surface area contributed by atoms with Gasteiger partial charge in [0.2, 0.25) is 0 Å². The van der Waals surface area contributed by atoms with Crippen LogP contribution in [-0.2, 0) is 0 Å². The van der Waals surface area contributed by atoms with Gasteiger partial charge in [0, 0.05) is 5.56 Å². The van der Waals surface area contributed by atoms with Crippen molar-refractivity contribution in [2.24, 2.45) is 0 Å². The number of nitrogens with zero attached hydrogens (tertiary/aromatic N) is 1. The molecule has 0 spiro atoms. The second-order valence-electron chi connectivity index (χ2n) is 2.74. The van der Waals surface area contributed by atoms with E-state index in [2.05, 4.69) is 10.2 Å². The Hall–Kier alpha value is -1.84. The number of aromatic nitrogens is 2. The smallest absolute Gasteiger partial charge is 0.267 e. The molecule has 2 aromatic rings. The quantitative estimate of drug-likeness (QED) is 0.713. The summed E-state index contributed by atoms with van der Waals surface area (Å²) < 4.78 is 5.13. The zero-order chi connectivity index (χ0) is 9.26. The minimum atomic E-state index is -0.171. The van der Waals surface area contributed by atoms with Crippen molar-refractivity contribution in [3.05, 3.63) is 40.4 Å². The van der Waals surface area contributed by atoms with Crippen LogP contribution in [0.15, 0.2) is 33.7 Å². The van der Waals surface area contributed by atoms with Gasteiger partial charge >= 0.3 is 0 Å². The summed E-state index contributed by atoms with van der Waals surface area (Å²) in [5.41, 5.74) is 1.10. The highest BCUT2D eigenvalue weighted by molar-refractivity contribution is 5.51. The second kappa shape index (κ2) is 2.90. The van der Waals surface area contributed by atoms with E-state index in [1.165, 1.54) is 0 Å². The molecular weight excluding hydrogens is 168 g/mol. The van der Waals surface area contributed by atoms with Crippen molar-refractivity contribution in [2.45, 2.75) is 6.92 Å². The van der Waals surface area contributed by atoms with Crippen LogP contribution in [0.5, 0.6) is 0 Å². The molecule has 4 heteroatoms. The standard InChI is InChI=1S/C9H8N2O2/c1-6-5-7(10-11-9(6)12)8-3-2-4-13-8/h2-5H,1H3,(H,11,12). The van der Waals surface area contributed by atoms with E-state index in [4.69, 9.17) is 4.42 Å². The van der Waals surface area contributed by atoms with Crippen molar-refractivity contribution < 1.29 is 4.42 Å². The lowest BCUT2D eigenvalue weighted by Gasteiger charge is -1.95. The van der Waals surface area contributed by atoms with Crippen molar-refractivity contribution in [3.8, 4) is 11.5 Å². The average molecular weight is 176 g/mol. The molecule has 0 saturated heterocycles. The van der Waals surface area contributed by atoms with Gasteiger partial charge in [-0.25, -0.2) is 5.10 Å². The summed E-state index contributed by atoms with van der Waals surface area (Å²) in [6.07, 6.45) is 1.57. The Morgan fingerprint density at radius 1 is 1.54 bits per heavy atom. The van der Waals surface area contributed by atoms with Crippen LogP contribution in [0.3, 0.4) is 0 Å². The van der Waals surface area contributed by atoms with Gasteiger partial charge in [-0.15, -0.1) is 0 Å². The largest absolute Gasteiger partial charge is 0.463 e. The predicted molar refractivity (Wildman–Crippen MR) is 47.3 cm³/mol. The molecule has 0 radical (unpaired) electrons. The third-order valence-corrected chi connectivity index (χ3v) is 1.76. The first-order chi connectivity index (χ1) is 6.27. The van der Waals surface area contributed by atoms with Gasteiger partial charge in [-0.2, -0.15) is 5.10 Å². The average Bonchev–Trinajstić information content (AvgIpc) is 2.62. The van der Waals surface area contributed by atoms with Crippen molar-refractivity contribution in [1.82, 2.24) is 10.2 Å². The van der Waals surface area contributed by atoms with E-state index in [-0.39, 0.29) is 5.56 Å². The number of rotatable bonds is 1. The molecule has 0 amide bonds. The minimum absolute atomic E-state index is 0.171. The fourth-order valence-electron chi connectivity index (χ4n) is 1.05. The highest BCUT2D eigenvalue weighted by Gasteiger charge is 2.03. The third kappa shape index (κ3) is 1.38. The summed E-state index contributed by atoms with van der Waals surface area (Å²) in [5.74, 6) is 0.652. The molecule has 13 heavy (non-hydrogen) atoms. The Labute approximate surface area is 74.2 Å². The highest BCUT2D eigenvalue weighted by Crippen LogP contribution is 2.15. The van der Waals surface area contributed by atoms with Gasteiger partial charge in [0.25, 0.3) is 5.56 Å². The van der Waals surface area contributed by atoms with Crippen LogP contribution < -0.4 is 5.56 Å². The van der Waals surface area contributed by atoms with Crippen molar-refractivity contribution >= 4 is 0 Å². The first-order valence-corrected chi connectivity index (χ1v) is 3.87. The Bertz CT molecular complexity index is 457. The lowest BCUT2D eigenvalue weighted by atomic mass is 10.2. The summed E-state index contributed by atoms with van der Waals surface area (Å²) in [6.45, 7) is 1.73. The fraction of sp³-hybridized carbons (Fsp3) is 0.111. The molecule has 0 aliphatic heterocycles. The van der Waals surface area contributed by atoms with Crippen LogP contribution in [0.25, 0.3) is 11.5 Å². The fourth-order valence-corrected chi connectivity index (χ4v) is 1.05. The van der Waals surface area contributed by atoms with Crippen LogP contribution in [0, 0.1) is 6.92 Å².